The van der Waals surface area contributed by atoms with E-state index in [4.69, 9.17) is 0 Å². The van der Waals surface area contributed by atoms with Crippen molar-refractivity contribution in [1.82, 2.24) is 0 Å². The Hall–Kier alpha value is -1.64. The Labute approximate surface area is 108 Å². The van der Waals surface area contributed by atoms with Crippen LogP contribution in [-0.2, 0) is 4.79 Å². The van der Waals surface area contributed by atoms with E-state index in [1.54, 1.807) is 12.1 Å². The van der Waals surface area contributed by atoms with Gasteiger partial charge in [0.1, 0.15) is 0 Å². The number of carbonyl (C=O) groups excluding carboxylic acids is 2. The number of aryl methyl sites for hydroxylation is 1. The first-order valence-electron chi connectivity index (χ1n) is 6.41. The fraction of sp³-hybridized carbons (Fsp3) is 0.467. The molecule has 0 radical (unpaired) electrons. The molecule has 3 heteroatoms. The summed E-state index contributed by atoms with van der Waals surface area (Å²) in [6.45, 7) is 5.43. The second-order valence-electron chi connectivity index (χ2n) is 5.20. The highest BCUT2D eigenvalue weighted by atomic mass is 16.2. The maximum absolute atomic E-state index is 12.0. The topological polar surface area (TPSA) is 46.2 Å². The van der Waals surface area contributed by atoms with Gasteiger partial charge in [-0.05, 0) is 44.2 Å². The molecule has 3 nitrogen and oxygen atoms in total. The number of ketones is 1. The highest BCUT2D eigenvalue weighted by Crippen LogP contribution is 2.37. The lowest BCUT2D eigenvalue weighted by molar-refractivity contribution is -0.119. The van der Waals surface area contributed by atoms with E-state index in [-0.39, 0.29) is 17.6 Å². The van der Waals surface area contributed by atoms with Gasteiger partial charge >= 0.3 is 0 Å². The maximum Gasteiger partial charge on any atom is 0.227 e. The summed E-state index contributed by atoms with van der Waals surface area (Å²) in [5.41, 5.74) is 2.37. The molecule has 2 rings (SSSR count). The molecule has 1 aromatic carbocycles. The average Bonchev–Trinajstić information content (AvgIpc) is 3.14. The van der Waals surface area contributed by atoms with Gasteiger partial charge in [0, 0.05) is 17.2 Å². The van der Waals surface area contributed by atoms with Crippen LogP contribution in [0.3, 0.4) is 0 Å². The number of hydrogen-bond donors (Lipinski definition) is 1. The Bertz CT molecular complexity index is 489. The predicted octanol–water partition coefficient (Wildman–Crippen LogP) is 3.18. The number of hydrogen-bond acceptors (Lipinski definition) is 2. The fourth-order valence-electron chi connectivity index (χ4n) is 2.03. The summed E-state index contributed by atoms with van der Waals surface area (Å²) in [5, 5.41) is 2.94. The third-order valence-electron chi connectivity index (χ3n) is 3.64. The molecular weight excluding hydrogens is 226 g/mol. The smallest absolute Gasteiger partial charge is 0.227 e. The third kappa shape index (κ3) is 2.78. The minimum atomic E-state index is 0.0146. The van der Waals surface area contributed by atoms with Crippen molar-refractivity contribution < 1.29 is 9.59 Å². The van der Waals surface area contributed by atoms with Crippen molar-refractivity contribution in [2.75, 3.05) is 5.32 Å². The summed E-state index contributed by atoms with van der Waals surface area (Å²) < 4.78 is 0. The van der Waals surface area contributed by atoms with Gasteiger partial charge in [0.2, 0.25) is 5.91 Å². The van der Waals surface area contributed by atoms with E-state index in [9.17, 15) is 9.59 Å². The first-order chi connectivity index (χ1) is 8.49. The van der Waals surface area contributed by atoms with Crippen molar-refractivity contribution >= 4 is 17.4 Å². The van der Waals surface area contributed by atoms with E-state index < -0.39 is 0 Å². The van der Waals surface area contributed by atoms with Gasteiger partial charge in [-0.1, -0.05) is 19.1 Å². The molecule has 18 heavy (non-hydrogen) atoms. The molecule has 0 heterocycles. The molecule has 1 atom stereocenters. The van der Waals surface area contributed by atoms with Crippen LogP contribution in [0, 0.1) is 18.8 Å². The van der Waals surface area contributed by atoms with Crippen molar-refractivity contribution in [2.24, 2.45) is 11.8 Å². The zero-order valence-corrected chi connectivity index (χ0v) is 11.1. The molecule has 1 fully saturated rings. The van der Waals surface area contributed by atoms with E-state index in [1.807, 2.05) is 19.9 Å². The monoisotopic (exact) mass is 245 g/mol. The standard InChI is InChI=1S/C15H19NO2/c1-9-4-5-13(11(3)17)8-14(9)16-15(18)10(2)12-6-7-12/h4-5,8,10,12H,6-7H2,1-3H3,(H,16,18). The Morgan fingerprint density at radius 2 is 2.00 bits per heavy atom. The molecule has 1 aliphatic rings. The number of amides is 1. The zero-order chi connectivity index (χ0) is 13.3. The van der Waals surface area contributed by atoms with Crippen molar-refractivity contribution in [2.45, 2.75) is 33.6 Å². The van der Waals surface area contributed by atoms with Gasteiger partial charge in [0.25, 0.3) is 0 Å². The van der Waals surface area contributed by atoms with Gasteiger partial charge in [-0.25, -0.2) is 0 Å². The molecule has 1 aliphatic carbocycles. The van der Waals surface area contributed by atoms with Crippen LogP contribution in [0.4, 0.5) is 5.69 Å². The SMILES string of the molecule is CC(=O)c1ccc(C)c(NC(=O)C(C)C2CC2)c1. The van der Waals surface area contributed by atoms with Crippen LogP contribution < -0.4 is 5.32 Å². The van der Waals surface area contributed by atoms with Gasteiger partial charge in [-0.3, -0.25) is 9.59 Å². The lowest BCUT2D eigenvalue weighted by Gasteiger charge is -2.13. The van der Waals surface area contributed by atoms with Crippen LogP contribution in [0.1, 0.15) is 42.6 Å². The first-order valence-corrected chi connectivity index (χ1v) is 6.41. The number of benzene rings is 1. The molecule has 96 valence electrons. The Balaban J connectivity index is 2.14. The quantitative estimate of drug-likeness (QED) is 0.828. The molecule has 0 aliphatic heterocycles. The van der Waals surface area contributed by atoms with Crippen molar-refractivity contribution in [3.63, 3.8) is 0 Å². The summed E-state index contributed by atoms with van der Waals surface area (Å²) in [6, 6.07) is 5.42. The van der Waals surface area contributed by atoms with Crippen LogP contribution in [0.15, 0.2) is 18.2 Å². The molecule has 0 saturated heterocycles. The molecule has 0 aromatic heterocycles. The fourth-order valence-corrected chi connectivity index (χ4v) is 2.03. The highest BCUT2D eigenvalue weighted by molar-refractivity contribution is 5.98. The number of carbonyl (C=O) groups is 2. The Morgan fingerprint density at radius 3 is 2.56 bits per heavy atom. The van der Waals surface area contributed by atoms with Crippen LogP contribution in [0.2, 0.25) is 0 Å². The predicted molar refractivity (Wildman–Crippen MR) is 71.7 cm³/mol. The van der Waals surface area contributed by atoms with Gasteiger partial charge < -0.3 is 5.32 Å². The van der Waals surface area contributed by atoms with Crippen LogP contribution in [-0.4, -0.2) is 11.7 Å². The van der Waals surface area contributed by atoms with Gasteiger partial charge in [0.15, 0.2) is 5.78 Å². The van der Waals surface area contributed by atoms with Crippen LogP contribution in [0.5, 0.6) is 0 Å². The van der Waals surface area contributed by atoms with E-state index in [0.717, 1.165) is 24.1 Å². The first kappa shape index (κ1) is 12.8. The minimum absolute atomic E-state index is 0.0146. The van der Waals surface area contributed by atoms with E-state index >= 15 is 0 Å². The van der Waals surface area contributed by atoms with Crippen molar-refractivity contribution in [3.8, 4) is 0 Å². The van der Waals surface area contributed by atoms with E-state index in [1.165, 1.54) is 6.92 Å². The van der Waals surface area contributed by atoms with Crippen molar-refractivity contribution in [3.05, 3.63) is 29.3 Å². The maximum atomic E-state index is 12.0. The number of rotatable bonds is 4. The summed E-state index contributed by atoms with van der Waals surface area (Å²) in [4.78, 5) is 23.4. The van der Waals surface area contributed by atoms with E-state index in [2.05, 4.69) is 5.32 Å². The summed E-state index contributed by atoms with van der Waals surface area (Å²) >= 11 is 0. The molecule has 1 unspecified atom stereocenters. The lowest BCUT2D eigenvalue weighted by Crippen LogP contribution is -2.22. The number of anilines is 1. The molecule has 1 aromatic rings. The molecule has 1 N–H and O–H groups in total. The summed E-state index contributed by atoms with van der Waals surface area (Å²) in [6.07, 6.45) is 2.31. The number of nitrogens with one attached hydrogen (secondary N) is 1. The van der Waals surface area contributed by atoms with Crippen molar-refractivity contribution in [1.29, 1.82) is 0 Å². The summed E-state index contributed by atoms with van der Waals surface area (Å²) in [5.74, 6) is 0.675. The Kier molecular flexibility index (Phi) is 3.50. The third-order valence-corrected chi connectivity index (χ3v) is 3.64. The van der Waals surface area contributed by atoms with Gasteiger partial charge in [-0.2, -0.15) is 0 Å². The molecule has 1 saturated carbocycles. The van der Waals surface area contributed by atoms with Crippen LogP contribution in [0.25, 0.3) is 0 Å². The van der Waals surface area contributed by atoms with Gasteiger partial charge in [-0.15, -0.1) is 0 Å². The lowest BCUT2D eigenvalue weighted by atomic mass is 10.0. The van der Waals surface area contributed by atoms with E-state index in [0.29, 0.717) is 11.5 Å². The normalized spacial score (nSPS) is 16.2. The molecule has 0 spiro atoms. The number of Topliss-reactive ketones (excluding diaryl/α,β-unsaturated/α-hetero) is 1. The molecule has 0 bridgehead atoms. The molecule has 1 amide bonds. The second-order valence-corrected chi connectivity index (χ2v) is 5.20. The van der Waals surface area contributed by atoms with Crippen LogP contribution >= 0.6 is 0 Å². The summed E-state index contributed by atoms with van der Waals surface area (Å²) in [7, 11) is 0. The Morgan fingerprint density at radius 1 is 1.33 bits per heavy atom. The highest BCUT2D eigenvalue weighted by Gasteiger charge is 2.32. The zero-order valence-electron chi connectivity index (χ0n) is 11.1. The van der Waals surface area contributed by atoms with Gasteiger partial charge in [0.05, 0.1) is 0 Å². The average molecular weight is 245 g/mol. The largest absolute Gasteiger partial charge is 0.326 e. The molecular formula is C15H19NO2. The second kappa shape index (κ2) is 4.92. The minimum Gasteiger partial charge on any atom is -0.326 e.